The number of aliphatic hydroxyl groups is 2. The number of esters is 2. The number of ether oxygens (including phenoxy) is 2. The van der Waals surface area contributed by atoms with Crippen molar-refractivity contribution < 1.29 is 29.3 Å². The largest absolute Gasteiger partial charge is 0.459 e. The summed E-state index contributed by atoms with van der Waals surface area (Å²) in [5.74, 6) is 4.96. The molecule has 0 radical (unpaired) electrons. The minimum atomic E-state index is -0.806. The number of carbonyl (C=O) groups excluding carboxylic acids is 2. The van der Waals surface area contributed by atoms with Gasteiger partial charge in [-0.25, -0.2) is 0 Å². The van der Waals surface area contributed by atoms with Crippen LogP contribution in [0.15, 0.2) is 0 Å². The average molecular weight is 631 g/mol. The second-order valence-corrected chi connectivity index (χ2v) is 18.0. The summed E-state index contributed by atoms with van der Waals surface area (Å²) >= 11 is 0. The van der Waals surface area contributed by atoms with E-state index in [9.17, 15) is 19.8 Å². The lowest BCUT2D eigenvalue weighted by Gasteiger charge is -2.61. The van der Waals surface area contributed by atoms with Crippen LogP contribution < -0.4 is 0 Å². The van der Waals surface area contributed by atoms with Crippen LogP contribution in [-0.4, -0.2) is 45.6 Å². The van der Waals surface area contributed by atoms with Gasteiger partial charge in [0.1, 0.15) is 11.2 Å². The fraction of sp³-hybridized carbons (Fsp3) is 0.949. The van der Waals surface area contributed by atoms with Crippen molar-refractivity contribution in [3.05, 3.63) is 0 Å². The molecule has 258 valence electrons. The van der Waals surface area contributed by atoms with Gasteiger partial charge in [0, 0.05) is 5.41 Å². The third-order valence-electron chi connectivity index (χ3n) is 15.3. The Morgan fingerprint density at radius 1 is 0.667 bits per heavy atom. The van der Waals surface area contributed by atoms with Gasteiger partial charge in [0.2, 0.25) is 0 Å². The van der Waals surface area contributed by atoms with E-state index < -0.39 is 28.6 Å². The van der Waals surface area contributed by atoms with Crippen LogP contribution in [0.4, 0.5) is 0 Å². The standard InChI is InChI=1S/C20H34O3.C19H32O3/c1-6-19(5,13(2)21)17(22)23-18(3,4)20-10-14-7-15(11-20)9-16(8-14)12-20;1-5-18(4,12(3)20)17(21)22-19(6-2)15-8-13-7-14(10-15)11-16(19)9-13/h13-16,21H,6-12H2,1-5H3;12-16,20H,5-11H2,1-4H3. The van der Waals surface area contributed by atoms with Gasteiger partial charge in [-0.3, -0.25) is 9.59 Å². The van der Waals surface area contributed by atoms with E-state index in [0.29, 0.717) is 24.7 Å². The molecule has 0 aliphatic heterocycles. The third-order valence-corrected chi connectivity index (χ3v) is 15.3. The lowest BCUT2D eigenvalue weighted by Crippen LogP contribution is -2.60. The minimum Gasteiger partial charge on any atom is -0.459 e. The maximum atomic E-state index is 12.9. The summed E-state index contributed by atoms with van der Waals surface area (Å²) in [6, 6.07) is 0. The molecular formula is C39H66O6. The van der Waals surface area contributed by atoms with Gasteiger partial charge in [-0.2, -0.15) is 0 Å². The van der Waals surface area contributed by atoms with Crippen molar-refractivity contribution in [2.75, 3.05) is 0 Å². The van der Waals surface area contributed by atoms with Gasteiger partial charge >= 0.3 is 11.9 Å². The molecule has 8 aliphatic carbocycles. The smallest absolute Gasteiger partial charge is 0.314 e. The molecule has 45 heavy (non-hydrogen) atoms. The molecule has 8 fully saturated rings. The van der Waals surface area contributed by atoms with E-state index >= 15 is 0 Å². The molecule has 8 saturated carbocycles. The Bertz CT molecular complexity index is 1030. The highest BCUT2D eigenvalue weighted by Crippen LogP contribution is 2.65. The summed E-state index contributed by atoms with van der Waals surface area (Å²) < 4.78 is 12.4. The Labute approximate surface area is 274 Å². The Morgan fingerprint density at radius 2 is 1.04 bits per heavy atom. The van der Waals surface area contributed by atoms with Crippen molar-refractivity contribution in [3.8, 4) is 0 Å². The molecular weight excluding hydrogens is 564 g/mol. The quantitative estimate of drug-likeness (QED) is 0.236. The van der Waals surface area contributed by atoms with Gasteiger partial charge in [0.15, 0.2) is 0 Å². The van der Waals surface area contributed by atoms with Crippen LogP contribution in [0.1, 0.15) is 152 Å². The van der Waals surface area contributed by atoms with Crippen LogP contribution in [0.2, 0.25) is 0 Å². The minimum absolute atomic E-state index is 0.157. The highest BCUT2D eigenvalue weighted by Gasteiger charge is 2.61. The summed E-state index contributed by atoms with van der Waals surface area (Å²) in [4.78, 5) is 25.8. The number of aliphatic hydroxyl groups excluding tert-OH is 2. The first-order valence-corrected chi connectivity index (χ1v) is 18.8. The number of hydrogen-bond acceptors (Lipinski definition) is 6. The Kier molecular flexibility index (Phi) is 9.68. The highest BCUT2D eigenvalue weighted by molar-refractivity contribution is 5.78. The lowest BCUT2D eigenvalue weighted by atomic mass is 9.46. The number of carbonyl (C=O) groups is 2. The highest BCUT2D eigenvalue weighted by atomic mass is 16.6. The van der Waals surface area contributed by atoms with Crippen molar-refractivity contribution in [3.63, 3.8) is 0 Å². The molecule has 8 rings (SSSR count). The first-order chi connectivity index (χ1) is 21.0. The van der Waals surface area contributed by atoms with Crippen LogP contribution in [-0.2, 0) is 19.1 Å². The van der Waals surface area contributed by atoms with Crippen molar-refractivity contribution in [2.45, 2.75) is 176 Å². The van der Waals surface area contributed by atoms with Crippen LogP contribution >= 0.6 is 0 Å². The summed E-state index contributed by atoms with van der Waals surface area (Å²) in [6.45, 7) is 17.4. The topological polar surface area (TPSA) is 93.1 Å². The van der Waals surface area contributed by atoms with E-state index in [0.717, 1.165) is 36.0 Å². The molecule has 0 heterocycles. The SMILES string of the molecule is CCC(C)(C(=O)OC(C)(C)C12CC3CC(CC(C3)C1)C2)C(C)O.CCC(C)(C(=O)OC1(CC)C2CC3CC(C2)CC1C3)C(C)O. The molecule has 8 aliphatic rings. The maximum absolute atomic E-state index is 12.9. The summed E-state index contributed by atoms with van der Waals surface area (Å²) in [6.07, 6.45) is 15.0. The first kappa shape index (κ1) is 35.2. The van der Waals surface area contributed by atoms with Crippen molar-refractivity contribution in [1.82, 2.24) is 0 Å². The van der Waals surface area contributed by atoms with Crippen LogP contribution in [0, 0.1) is 57.7 Å². The lowest BCUT2D eigenvalue weighted by molar-refractivity contribution is -0.222. The normalized spacial score (nSPS) is 41.7. The summed E-state index contributed by atoms with van der Waals surface area (Å²) in [5, 5.41) is 20.2. The third kappa shape index (κ3) is 5.93. The van der Waals surface area contributed by atoms with Crippen molar-refractivity contribution in [1.29, 1.82) is 0 Å². The van der Waals surface area contributed by atoms with E-state index in [1.54, 1.807) is 13.8 Å². The van der Waals surface area contributed by atoms with Gasteiger partial charge in [-0.05, 0) is 173 Å². The van der Waals surface area contributed by atoms with Crippen LogP contribution in [0.5, 0.6) is 0 Å². The Hall–Kier alpha value is -1.14. The van der Waals surface area contributed by atoms with Gasteiger partial charge in [-0.15, -0.1) is 0 Å². The molecule has 6 heteroatoms. The summed E-state index contributed by atoms with van der Waals surface area (Å²) in [7, 11) is 0. The van der Waals surface area contributed by atoms with E-state index in [1.807, 2.05) is 27.7 Å². The Balaban J connectivity index is 0.000000178. The second kappa shape index (κ2) is 12.4. The molecule has 2 N–H and O–H groups in total. The maximum Gasteiger partial charge on any atom is 0.314 e. The zero-order valence-corrected chi connectivity index (χ0v) is 30.1. The van der Waals surface area contributed by atoms with Gasteiger partial charge in [-0.1, -0.05) is 20.8 Å². The molecule has 0 spiro atoms. The second-order valence-electron chi connectivity index (χ2n) is 18.0. The molecule has 6 nitrogen and oxygen atoms in total. The molecule has 0 aromatic carbocycles. The molecule has 0 saturated heterocycles. The van der Waals surface area contributed by atoms with Gasteiger partial charge in [0.25, 0.3) is 0 Å². The van der Waals surface area contributed by atoms with Gasteiger partial charge < -0.3 is 19.7 Å². The molecule has 4 atom stereocenters. The predicted molar refractivity (Wildman–Crippen MR) is 177 cm³/mol. The summed E-state index contributed by atoms with van der Waals surface area (Å²) in [5.41, 5.74) is -2.12. The van der Waals surface area contributed by atoms with Crippen LogP contribution in [0.25, 0.3) is 0 Å². The van der Waals surface area contributed by atoms with Crippen molar-refractivity contribution in [2.24, 2.45) is 57.7 Å². The molecule has 0 aromatic rings. The predicted octanol–water partition coefficient (Wildman–Crippen LogP) is 8.25. The van der Waals surface area contributed by atoms with Crippen LogP contribution in [0.3, 0.4) is 0 Å². The zero-order valence-electron chi connectivity index (χ0n) is 30.1. The Morgan fingerprint density at radius 3 is 1.40 bits per heavy atom. The van der Waals surface area contributed by atoms with E-state index in [4.69, 9.17) is 9.47 Å². The van der Waals surface area contributed by atoms with E-state index in [2.05, 4.69) is 20.8 Å². The van der Waals surface area contributed by atoms with E-state index in [-0.39, 0.29) is 23.0 Å². The molecule has 0 amide bonds. The zero-order chi connectivity index (χ0) is 33.2. The molecule has 4 unspecified atom stereocenters. The molecule has 8 bridgehead atoms. The van der Waals surface area contributed by atoms with E-state index in [1.165, 1.54) is 70.6 Å². The average Bonchev–Trinajstić information content (AvgIpc) is 2.96. The molecule has 0 aromatic heterocycles. The number of hydrogen-bond donors (Lipinski definition) is 2. The first-order valence-electron chi connectivity index (χ1n) is 18.8. The number of rotatable bonds is 10. The van der Waals surface area contributed by atoms with Crippen molar-refractivity contribution >= 4 is 11.9 Å². The monoisotopic (exact) mass is 630 g/mol. The fourth-order valence-corrected chi connectivity index (χ4v) is 11.6. The van der Waals surface area contributed by atoms with Gasteiger partial charge in [0.05, 0.1) is 23.0 Å². The fourth-order valence-electron chi connectivity index (χ4n) is 11.6.